The molecule has 1 saturated heterocycles. The van der Waals surface area contributed by atoms with Crippen molar-refractivity contribution >= 4 is 50.0 Å². The highest BCUT2D eigenvalue weighted by Gasteiger charge is 2.32. The maximum absolute atomic E-state index is 13.9. The Morgan fingerprint density at radius 1 is 1.50 bits per heavy atom. The maximum atomic E-state index is 13.9. The first-order chi connectivity index (χ1) is 8.84. The molecular weight excluding hydrogens is 394 g/mol. The van der Waals surface area contributed by atoms with E-state index in [0.717, 1.165) is 18.7 Å². The molecule has 4 nitrogen and oxygen atoms in total. The minimum absolute atomic E-state index is 0. The van der Waals surface area contributed by atoms with Crippen LogP contribution in [0.3, 0.4) is 0 Å². The quantitative estimate of drug-likeness (QED) is 0.783. The van der Waals surface area contributed by atoms with E-state index in [4.69, 9.17) is 11.6 Å². The predicted molar refractivity (Wildman–Crippen MR) is 82.6 cm³/mol. The lowest BCUT2D eigenvalue weighted by atomic mass is 10.3. The average Bonchev–Trinajstić information content (AvgIpc) is 2.86. The summed E-state index contributed by atoms with van der Waals surface area (Å²) in [6, 6.07) is 2.04. The summed E-state index contributed by atoms with van der Waals surface area (Å²) in [4.78, 5) is -0.393. The van der Waals surface area contributed by atoms with Gasteiger partial charge >= 0.3 is 0 Å². The molecule has 0 saturated carbocycles. The third-order valence-corrected chi connectivity index (χ3v) is 6.30. The van der Waals surface area contributed by atoms with Crippen LogP contribution >= 0.6 is 39.9 Å². The molecule has 1 aliphatic rings. The number of sulfonamides is 1. The van der Waals surface area contributed by atoms with Crippen molar-refractivity contribution in [1.82, 2.24) is 9.62 Å². The Balaban J connectivity index is 0.00000200. The number of hydrogen-bond donors (Lipinski definition) is 1. The van der Waals surface area contributed by atoms with Gasteiger partial charge < -0.3 is 5.32 Å². The number of nitrogens with zero attached hydrogens (tertiary/aromatic N) is 1. The largest absolute Gasteiger partial charge is 0.315 e. The molecule has 0 aromatic heterocycles. The van der Waals surface area contributed by atoms with E-state index >= 15 is 0 Å². The van der Waals surface area contributed by atoms with Gasteiger partial charge in [-0.25, -0.2) is 12.8 Å². The molecule has 2 rings (SSSR count). The summed E-state index contributed by atoms with van der Waals surface area (Å²) in [5.74, 6) is -0.811. The van der Waals surface area contributed by atoms with E-state index in [-0.39, 0.29) is 23.5 Å². The van der Waals surface area contributed by atoms with Gasteiger partial charge in [0.1, 0.15) is 10.7 Å². The number of likely N-dealkylation sites (N-methyl/N-ethyl adjacent to an activating group) is 1. The van der Waals surface area contributed by atoms with E-state index in [0.29, 0.717) is 17.4 Å². The molecule has 114 valence electrons. The molecule has 0 aliphatic carbocycles. The van der Waals surface area contributed by atoms with Crippen LogP contribution in [0.5, 0.6) is 0 Å². The van der Waals surface area contributed by atoms with E-state index in [1.54, 1.807) is 0 Å². The topological polar surface area (TPSA) is 49.4 Å². The lowest BCUT2D eigenvalue weighted by molar-refractivity contribution is 0.385. The minimum atomic E-state index is -3.88. The molecule has 0 radical (unpaired) electrons. The fraction of sp³-hybridized carbons (Fsp3) is 0.455. The van der Waals surface area contributed by atoms with Gasteiger partial charge in [0.25, 0.3) is 0 Å². The fourth-order valence-corrected chi connectivity index (χ4v) is 4.00. The summed E-state index contributed by atoms with van der Waals surface area (Å²) in [5, 5.41) is 3.24. The number of rotatable bonds is 3. The van der Waals surface area contributed by atoms with Gasteiger partial charge in [-0.05, 0) is 41.0 Å². The highest BCUT2D eigenvalue weighted by molar-refractivity contribution is 9.10. The van der Waals surface area contributed by atoms with Gasteiger partial charge in [0.2, 0.25) is 10.0 Å². The Labute approximate surface area is 137 Å². The molecule has 9 heteroatoms. The SMILES string of the molecule is CN(C1CCNC1)S(=O)(=O)c1cc(Cl)c(Br)cc1F.Cl. The predicted octanol–water partition coefficient (Wildman–Crippen LogP) is 2.65. The van der Waals surface area contributed by atoms with Crippen LogP contribution in [0, 0.1) is 5.82 Å². The van der Waals surface area contributed by atoms with E-state index in [2.05, 4.69) is 21.2 Å². The molecule has 0 bridgehead atoms. The number of benzene rings is 1. The molecule has 1 aliphatic heterocycles. The second kappa shape index (κ2) is 6.89. The first kappa shape index (κ1) is 18.1. The average molecular weight is 408 g/mol. The van der Waals surface area contributed by atoms with Crippen molar-refractivity contribution in [2.24, 2.45) is 0 Å². The van der Waals surface area contributed by atoms with E-state index in [1.807, 2.05) is 0 Å². The number of nitrogens with one attached hydrogen (secondary N) is 1. The Morgan fingerprint density at radius 2 is 2.15 bits per heavy atom. The molecular formula is C11H14BrCl2FN2O2S. The molecule has 1 aromatic rings. The van der Waals surface area contributed by atoms with Crippen molar-refractivity contribution in [2.45, 2.75) is 17.4 Å². The van der Waals surface area contributed by atoms with Gasteiger partial charge in [-0.1, -0.05) is 11.6 Å². The van der Waals surface area contributed by atoms with Crippen LogP contribution < -0.4 is 5.32 Å². The van der Waals surface area contributed by atoms with Gasteiger partial charge in [-0.3, -0.25) is 0 Å². The van der Waals surface area contributed by atoms with Crippen molar-refractivity contribution < 1.29 is 12.8 Å². The Bertz CT molecular complexity index is 594. The van der Waals surface area contributed by atoms with Crippen LogP contribution in [0.1, 0.15) is 6.42 Å². The number of hydrogen-bond acceptors (Lipinski definition) is 3. The van der Waals surface area contributed by atoms with Crippen LogP contribution in [0.2, 0.25) is 5.02 Å². The van der Waals surface area contributed by atoms with Crippen molar-refractivity contribution in [2.75, 3.05) is 20.1 Å². The molecule has 1 heterocycles. The van der Waals surface area contributed by atoms with Crippen LogP contribution in [0.15, 0.2) is 21.5 Å². The van der Waals surface area contributed by atoms with Crippen LogP contribution in [0.4, 0.5) is 4.39 Å². The van der Waals surface area contributed by atoms with Gasteiger partial charge in [0.15, 0.2) is 0 Å². The smallest absolute Gasteiger partial charge is 0.246 e. The molecule has 0 spiro atoms. The second-order valence-corrected chi connectivity index (χ2v) is 7.59. The standard InChI is InChI=1S/C11H13BrClFN2O2S.ClH/c1-16(7-2-3-15-6-7)19(17,18)11-5-9(13)8(12)4-10(11)14;/h4-5,7,15H,2-3,6H2,1H3;1H. The zero-order valence-corrected chi connectivity index (χ0v) is 14.5. The van der Waals surface area contributed by atoms with Crippen molar-refractivity contribution in [3.05, 3.63) is 27.4 Å². The van der Waals surface area contributed by atoms with Gasteiger partial charge in [-0.15, -0.1) is 12.4 Å². The summed E-state index contributed by atoms with van der Waals surface area (Å²) < 4.78 is 40.2. The van der Waals surface area contributed by atoms with Gasteiger partial charge in [-0.2, -0.15) is 4.31 Å². The molecule has 20 heavy (non-hydrogen) atoms. The normalized spacial score (nSPS) is 19.1. The Morgan fingerprint density at radius 3 is 2.70 bits per heavy atom. The molecule has 1 unspecified atom stereocenters. The summed E-state index contributed by atoms with van der Waals surface area (Å²) in [5.41, 5.74) is 0. The van der Waals surface area contributed by atoms with E-state index in [1.165, 1.54) is 11.4 Å². The summed E-state index contributed by atoms with van der Waals surface area (Å²) >= 11 is 8.91. The molecule has 1 N–H and O–H groups in total. The highest BCUT2D eigenvalue weighted by atomic mass is 79.9. The van der Waals surface area contributed by atoms with Crippen molar-refractivity contribution in [1.29, 1.82) is 0 Å². The summed E-state index contributed by atoms with van der Waals surface area (Å²) in [6.45, 7) is 1.33. The van der Waals surface area contributed by atoms with Crippen LogP contribution in [-0.4, -0.2) is 38.9 Å². The lowest BCUT2D eigenvalue weighted by Gasteiger charge is -2.23. The minimum Gasteiger partial charge on any atom is -0.315 e. The van der Waals surface area contributed by atoms with Crippen LogP contribution in [0.25, 0.3) is 0 Å². The Kier molecular flexibility index (Phi) is 6.25. The third kappa shape index (κ3) is 3.45. The fourth-order valence-electron chi connectivity index (χ4n) is 2.00. The van der Waals surface area contributed by atoms with E-state index < -0.39 is 20.7 Å². The van der Waals surface area contributed by atoms with Gasteiger partial charge in [0.05, 0.1) is 5.02 Å². The van der Waals surface area contributed by atoms with Gasteiger partial charge in [0, 0.05) is 24.1 Å². The van der Waals surface area contributed by atoms with Crippen molar-refractivity contribution in [3.63, 3.8) is 0 Å². The zero-order valence-electron chi connectivity index (χ0n) is 10.6. The highest BCUT2D eigenvalue weighted by Crippen LogP contribution is 2.30. The monoisotopic (exact) mass is 406 g/mol. The maximum Gasteiger partial charge on any atom is 0.246 e. The molecule has 1 atom stereocenters. The zero-order chi connectivity index (χ0) is 14.2. The molecule has 0 amide bonds. The molecule has 1 fully saturated rings. The Hall–Kier alpha value is 0.0800. The van der Waals surface area contributed by atoms with E-state index in [9.17, 15) is 12.8 Å². The third-order valence-electron chi connectivity index (χ3n) is 3.18. The van der Waals surface area contributed by atoms with Crippen LogP contribution in [-0.2, 0) is 10.0 Å². The van der Waals surface area contributed by atoms with Crippen molar-refractivity contribution in [3.8, 4) is 0 Å². The second-order valence-electron chi connectivity index (χ2n) is 4.36. The first-order valence-electron chi connectivity index (χ1n) is 5.67. The summed E-state index contributed by atoms with van der Waals surface area (Å²) in [7, 11) is -2.42. The summed E-state index contributed by atoms with van der Waals surface area (Å²) in [6.07, 6.45) is 0.710. The lowest BCUT2D eigenvalue weighted by Crippen LogP contribution is -2.38. The molecule has 1 aromatic carbocycles. The first-order valence-corrected chi connectivity index (χ1v) is 8.28. The number of halogens is 4.